The number of benzene rings is 1. The highest BCUT2D eigenvalue weighted by molar-refractivity contribution is 7.75. The standard InChI is InChI=1S/C15H24P.BF4/c1-5-14-10-9-11-15(12-14)13-16(6-2,7-3)8-4;2-1(3,4)5/h5,9-12H,1,6-8,13H2,2-4H3;/q+1;-1. The van der Waals surface area contributed by atoms with Crippen LogP contribution in [0, 0.1) is 0 Å². The molecule has 0 bridgehead atoms. The molecule has 21 heavy (non-hydrogen) atoms. The first-order valence-electron chi connectivity index (χ1n) is 7.13. The minimum absolute atomic E-state index is 0.725. The van der Waals surface area contributed by atoms with Crippen LogP contribution in [0.5, 0.6) is 0 Å². The summed E-state index contributed by atoms with van der Waals surface area (Å²) in [6.07, 6.45) is 7.36. The number of hydrogen-bond donors (Lipinski definition) is 0. The predicted octanol–water partition coefficient (Wildman–Crippen LogP) is 6.21. The van der Waals surface area contributed by atoms with Gasteiger partial charge in [0.2, 0.25) is 0 Å². The lowest BCUT2D eigenvalue weighted by Gasteiger charge is -2.23. The zero-order valence-corrected chi connectivity index (χ0v) is 13.9. The maximum Gasteiger partial charge on any atom is 0.673 e. The van der Waals surface area contributed by atoms with Crippen LogP contribution in [0.2, 0.25) is 0 Å². The van der Waals surface area contributed by atoms with Crippen LogP contribution in [0.3, 0.4) is 0 Å². The van der Waals surface area contributed by atoms with Crippen LogP contribution in [0.4, 0.5) is 17.3 Å². The van der Waals surface area contributed by atoms with Crippen molar-refractivity contribution in [1.29, 1.82) is 0 Å². The maximum absolute atomic E-state index is 9.75. The van der Waals surface area contributed by atoms with Gasteiger partial charge < -0.3 is 17.3 Å². The van der Waals surface area contributed by atoms with Crippen molar-refractivity contribution in [2.45, 2.75) is 26.9 Å². The molecule has 1 aromatic rings. The summed E-state index contributed by atoms with van der Waals surface area (Å²) in [6, 6.07) is 8.84. The quantitative estimate of drug-likeness (QED) is 0.332. The Morgan fingerprint density at radius 1 is 1.05 bits per heavy atom. The predicted molar refractivity (Wildman–Crippen MR) is 89.0 cm³/mol. The van der Waals surface area contributed by atoms with Crippen LogP contribution in [0.1, 0.15) is 31.9 Å². The third-order valence-corrected chi connectivity index (χ3v) is 8.78. The summed E-state index contributed by atoms with van der Waals surface area (Å²) < 4.78 is 39.0. The molecule has 0 aliphatic rings. The molecule has 0 aliphatic heterocycles. The molecule has 0 nitrogen and oxygen atoms in total. The van der Waals surface area contributed by atoms with E-state index in [2.05, 4.69) is 51.6 Å². The zero-order valence-electron chi connectivity index (χ0n) is 13.0. The Hall–Kier alpha value is -0.825. The van der Waals surface area contributed by atoms with Crippen LogP contribution < -0.4 is 0 Å². The third-order valence-electron chi connectivity index (χ3n) is 3.72. The van der Waals surface area contributed by atoms with Gasteiger partial charge in [-0.3, -0.25) is 0 Å². The van der Waals surface area contributed by atoms with Crippen molar-refractivity contribution >= 4 is 20.6 Å². The van der Waals surface area contributed by atoms with Gasteiger partial charge in [-0.25, -0.2) is 0 Å². The van der Waals surface area contributed by atoms with E-state index in [-0.39, 0.29) is 0 Å². The van der Waals surface area contributed by atoms with E-state index >= 15 is 0 Å². The minimum Gasteiger partial charge on any atom is -0.418 e. The topological polar surface area (TPSA) is 0 Å². The second-order valence-corrected chi connectivity index (χ2v) is 9.79. The van der Waals surface area contributed by atoms with Crippen LogP contribution in [0.15, 0.2) is 30.8 Å². The van der Waals surface area contributed by atoms with E-state index in [1.54, 1.807) is 0 Å². The second kappa shape index (κ2) is 9.25. The van der Waals surface area contributed by atoms with Crippen molar-refractivity contribution in [1.82, 2.24) is 0 Å². The smallest absolute Gasteiger partial charge is 0.418 e. The Morgan fingerprint density at radius 2 is 1.52 bits per heavy atom. The van der Waals surface area contributed by atoms with E-state index in [9.17, 15) is 17.3 Å². The summed E-state index contributed by atoms with van der Waals surface area (Å²) in [4.78, 5) is 0. The lowest BCUT2D eigenvalue weighted by Crippen LogP contribution is -2.05. The molecule has 0 unspecified atom stereocenters. The largest absolute Gasteiger partial charge is 0.673 e. The van der Waals surface area contributed by atoms with Crippen LogP contribution >= 0.6 is 7.26 Å². The Labute approximate surface area is 126 Å². The van der Waals surface area contributed by atoms with Gasteiger partial charge >= 0.3 is 7.25 Å². The fourth-order valence-electron chi connectivity index (χ4n) is 2.21. The highest BCUT2D eigenvalue weighted by atomic mass is 31.2. The van der Waals surface area contributed by atoms with Gasteiger partial charge in [-0.2, -0.15) is 0 Å². The molecule has 0 saturated heterocycles. The molecule has 0 N–H and O–H groups in total. The molecular weight excluding hydrogens is 298 g/mol. The normalized spacial score (nSPS) is 11.6. The van der Waals surface area contributed by atoms with E-state index in [1.165, 1.54) is 35.8 Å². The average molecular weight is 322 g/mol. The number of rotatable bonds is 6. The lowest BCUT2D eigenvalue weighted by molar-refractivity contribution is 0.368. The van der Waals surface area contributed by atoms with Gasteiger partial charge in [-0.1, -0.05) is 30.9 Å². The van der Waals surface area contributed by atoms with E-state index in [4.69, 9.17) is 0 Å². The Balaban J connectivity index is 0.000000690. The molecule has 0 amide bonds. The Kier molecular flexibility index (Phi) is 8.88. The molecular formula is C15H24BF4P. The monoisotopic (exact) mass is 322 g/mol. The molecule has 1 rings (SSSR count). The fourth-order valence-corrected chi connectivity index (χ4v) is 5.20. The highest BCUT2D eigenvalue weighted by Crippen LogP contribution is 2.60. The van der Waals surface area contributed by atoms with Crippen molar-refractivity contribution in [3.63, 3.8) is 0 Å². The average Bonchev–Trinajstić information content (AvgIpc) is 2.43. The van der Waals surface area contributed by atoms with E-state index in [1.807, 2.05) is 6.08 Å². The molecule has 0 aromatic heterocycles. The molecule has 0 fully saturated rings. The summed E-state index contributed by atoms with van der Waals surface area (Å²) in [7, 11) is -6.73. The summed E-state index contributed by atoms with van der Waals surface area (Å²) in [6.45, 7) is 10.9. The second-order valence-electron chi connectivity index (χ2n) is 4.89. The molecule has 0 spiro atoms. The molecule has 6 heteroatoms. The first-order chi connectivity index (χ1) is 9.69. The molecule has 1 aromatic carbocycles. The summed E-state index contributed by atoms with van der Waals surface area (Å²) in [5.41, 5.74) is 2.75. The molecule has 0 heterocycles. The van der Waals surface area contributed by atoms with Crippen molar-refractivity contribution in [2.75, 3.05) is 18.5 Å². The molecule has 120 valence electrons. The first kappa shape index (κ1) is 20.2. The summed E-state index contributed by atoms with van der Waals surface area (Å²) in [5.74, 6) is 0. The first-order valence-corrected chi connectivity index (χ1v) is 9.66. The molecule has 0 aliphatic carbocycles. The number of halogens is 4. The lowest BCUT2D eigenvalue weighted by atomic mass is 10.1. The van der Waals surface area contributed by atoms with E-state index < -0.39 is 14.5 Å². The van der Waals surface area contributed by atoms with Gasteiger partial charge in [0.25, 0.3) is 0 Å². The van der Waals surface area contributed by atoms with Gasteiger partial charge in [0.1, 0.15) is 0 Å². The minimum atomic E-state index is -6.00. The van der Waals surface area contributed by atoms with Gasteiger partial charge in [-0.05, 0) is 38.0 Å². The van der Waals surface area contributed by atoms with Crippen LogP contribution in [-0.2, 0) is 6.16 Å². The molecule has 0 radical (unpaired) electrons. The van der Waals surface area contributed by atoms with Crippen molar-refractivity contribution in [3.05, 3.63) is 42.0 Å². The van der Waals surface area contributed by atoms with Crippen LogP contribution in [-0.4, -0.2) is 25.7 Å². The fraction of sp³-hybridized carbons (Fsp3) is 0.467. The van der Waals surface area contributed by atoms with E-state index in [0.717, 1.165) is 0 Å². The Morgan fingerprint density at radius 3 is 1.90 bits per heavy atom. The highest BCUT2D eigenvalue weighted by Gasteiger charge is 2.31. The van der Waals surface area contributed by atoms with Gasteiger partial charge in [0.15, 0.2) is 0 Å². The van der Waals surface area contributed by atoms with Crippen molar-refractivity contribution in [2.24, 2.45) is 0 Å². The van der Waals surface area contributed by atoms with Crippen LogP contribution in [0.25, 0.3) is 6.08 Å². The van der Waals surface area contributed by atoms with Gasteiger partial charge in [0.05, 0.1) is 24.6 Å². The van der Waals surface area contributed by atoms with E-state index in [0.29, 0.717) is 0 Å². The molecule has 0 atom stereocenters. The maximum atomic E-state index is 9.75. The molecule has 0 saturated carbocycles. The van der Waals surface area contributed by atoms with Crippen molar-refractivity contribution < 1.29 is 17.3 Å². The van der Waals surface area contributed by atoms with Gasteiger partial charge in [0, 0.05) is 7.26 Å². The number of hydrogen-bond acceptors (Lipinski definition) is 0. The summed E-state index contributed by atoms with van der Waals surface area (Å²) in [5, 5.41) is 0. The van der Waals surface area contributed by atoms with Gasteiger partial charge in [-0.15, -0.1) is 0 Å². The third kappa shape index (κ3) is 8.92. The summed E-state index contributed by atoms with van der Waals surface area (Å²) >= 11 is 0. The Bertz CT molecular complexity index is 414. The zero-order chi connectivity index (χ0) is 16.5. The van der Waals surface area contributed by atoms with Crippen molar-refractivity contribution in [3.8, 4) is 0 Å². The SMILES string of the molecule is C=Cc1cccc(C[P+](CC)(CC)CC)c1.F[B-](F)(F)F.